The van der Waals surface area contributed by atoms with E-state index in [-0.39, 0.29) is 11.3 Å². The summed E-state index contributed by atoms with van der Waals surface area (Å²) in [4.78, 5) is 9.83. The molecule has 0 saturated carbocycles. The second-order valence-corrected chi connectivity index (χ2v) is 6.46. The van der Waals surface area contributed by atoms with Crippen LogP contribution in [0.15, 0.2) is 47.5 Å². The van der Waals surface area contributed by atoms with E-state index in [1.807, 2.05) is 42.8 Å². The molecular formula is C17H17N4OS+. The first-order valence-electron chi connectivity index (χ1n) is 7.28. The fraction of sp³-hybridized carbons (Fsp3) is 0.176. The number of para-hydroxylation sites is 2. The smallest absolute Gasteiger partial charge is 0.169 e. The molecule has 1 atom stereocenters. The molecule has 3 aromatic rings. The summed E-state index contributed by atoms with van der Waals surface area (Å²) in [6.45, 7) is 1.18. The minimum Gasteiger partial charge on any atom is -0.506 e. The maximum atomic E-state index is 10.4. The molecule has 0 fully saturated rings. The van der Waals surface area contributed by atoms with Gasteiger partial charge in [-0.05, 0) is 23.6 Å². The van der Waals surface area contributed by atoms with E-state index in [1.165, 1.54) is 4.88 Å². The quantitative estimate of drug-likeness (QED) is 0.497. The first-order valence-corrected chi connectivity index (χ1v) is 8.16. The van der Waals surface area contributed by atoms with Gasteiger partial charge >= 0.3 is 0 Å². The van der Waals surface area contributed by atoms with Crippen LogP contribution >= 0.6 is 11.3 Å². The Morgan fingerprint density at radius 3 is 2.87 bits per heavy atom. The zero-order chi connectivity index (χ0) is 16.2. The molecule has 2 aromatic heterocycles. The van der Waals surface area contributed by atoms with Crippen molar-refractivity contribution in [2.75, 3.05) is 13.6 Å². The highest BCUT2D eigenvalue weighted by atomic mass is 32.1. The van der Waals surface area contributed by atoms with E-state index in [1.54, 1.807) is 11.3 Å². The third-order valence-corrected chi connectivity index (χ3v) is 4.43. The minimum atomic E-state index is 0.0561. The van der Waals surface area contributed by atoms with Crippen LogP contribution in [0, 0.1) is 11.3 Å². The lowest BCUT2D eigenvalue weighted by atomic mass is 10.2. The molecule has 1 aromatic carbocycles. The Labute approximate surface area is 138 Å². The number of likely N-dealkylation sites (N-methyl/N-ethyl adjacent to an activating group) is 1. The standard InChI is InChI=1S/C17H16N4OS/c1-21(10-12-5-4-8-23-12)11-16(22)13(9-18)17-19-14-6-2-3-7-15(14)20-17/h2-8,22H,10-11H2,1H3,(H,19,20)/p+1/b16-13-. The van der Waals surface area contributed by atoms with Crippen LogP contribution in [0.1, 0.15) is 10.7 Å². The van der Waals surface area contributed by atoms with Gasteiger partial charge in [0.05, 0.1) is 23.0 Å². The van der Waals surface area contributed by atoms with Crippen molar-refractivity contribution in [2.24, 2.45) is 0 Å². The van der Waals surface area contributed by atoms with E-state index in [0.717, 1.165) is 22.5 Å². The normalized spacial score (nSPS) is 13.6. The van der Waals surface area contributed by atoms with Gasteiger partial charge in [0.2, 0.25) is 0 Å². The van der Waals surface area contributed by atoms with E-state index in [0.29, 0.717) is 12.4 Å². The number of rotatable bonds is 5. The molecule has 5 nitrogen and oxygen atoms in total. The van der Waals surface area contributed by atoms with Gasteiger partial charge in [0.25, 0.3) is 0 Å². The predicted molar refractivity (Wildman–Crippen MR) is 91.0 cm³/mol. The van der Waals surface area contributed by atoms with Crippen molar-refractivity contribution in [3.63, 3.8) is 0 Å². The summed E-state index contributed by atoms with van der Waals surface area (Å²) in [5.41, 5.74) is 1.83. The molecular weight excluding hydrogens is 308 g/mol. The molecule has 0 aliphatic heterocycles. The molecule has 116 valence electrons. The number of imidazole rings is 1. The predicted octanol–water partition coefficient (Wildman–Crippen LogP) is 2.13. The minimum absolute atomic E-state index is 0.0561. The van der Waals surface area contributed by atoms with Gasteiger partial charge in [0.15, 0.2) is 11.6 Å². The molecule has 2 heterocycles. The first kappa shape index (κ1) is 15.3. The third-order valence-electron chi connectivity index (χ3n) is 3.55. The monoisotopic (exact) mass is 325 g/mol. The summed E-state index contributed by atoms with van der Waals surface area (Å²) in [6, 6.07) is 13.7. The fourth-order valence-corrected chi connectivity index (χ4v) is 3.29. The number of hydrogen-bond donors (Lipinski definition) is 3. The van der Waals surface area contributed by atoms with Crippen molar-refractivity contribution in [2.45, 2.75) is 6.54 Å². The molecule has 0 bridgehead atoms. The average Bonchev–Trinajstić information content (AvgIpc) is 3.16. The highest BCUT2D eigenvalue weighted by Gasteiger charge is 2.16. The molecule has 0 saturated heterocycles. The van der Waals surface area contributed by atoms with E-state index in [4.69, 9.17) is 0 Å². The molecule has 0 aliphatic carbocycles. The van der Waals surface area contributed by atoms with E-state index >= 15 is 0 Å². The SMILES string of the molecule is C[NH+](C/C(O)=C(\C#N)c1nc2ccccc2[nH]1)Cc1cccs1. The fourth-order valence-electron chi connectivity index (χ4n) is 2.47. The van der Waals surface area contributed by atoms with E-state index in [9.17, 15) is 10.4 Å². The number of H-pyrrole nitrogens is 1. The molecule has 6 heteroatoms. The van der Waals surface area contributed by atoms with Crippen LogP contribution in [0.5, 0.6) is 0 Å². The first-order chi connectivity index (χ1) is 11.2. The largest absolute Gasteiger partial charge is 0.506 e. The highest BCUT2D eigenvalue weighted by Crippen LogP contribution is 2.18. The Hall–Kier alpha value is -2.62. The Morgan fingerprint density at radius 1 is 1.35 bits per heavy atom. The van der Waals surface area contributed by atoms with Crippen molar-refractivity contribution in [3.8, 4) is 6.07 Å². The van der Waals surface area contributed by atoms with Crippen LogP contribution in [-0.2, 0) is 6.54 Å². The summed E-state index contributed by atoms with van der Waals surface area (Å²) < 4.78 is 0. The number of aliphatic hydroxyl groups is 1. The number of benzene rings is 1. The van der Waals surface area contributed by atoms with Crippen LogP contribution in [-0.4, -0.2) is 28.7 Å². The second-order valence-electron chi connectivity index (χ2n) is 5.43. The van der Waals surface area contributed by atoms with Gasteiger partial charge in [-0.3, -0.25) is 0 Å². The molecule has 3 rings (SSSR count). The highest BCUT2D eigenvalue weighted by molar-refractivity contribution is 7.09. The zero-order valence-corrected chi connectivity index (χ0v) is 13.5. The Balaban J connectivity index is 1.82. The molecule has 23 heavy (non-hydrogen) atoms. The Bertz CT molecular complexity index is 841. The van der Waals surface area contributed by atoms with Gasteiger partial charge in [0.1, 0.15) is 24.7 Å². The van der Waals surface area contributed by atoms with Crippen LogP contribution in [0.3, 0.4) is 0 Å². The number of nitrogens with zero attached hydrogens (tertiary/aromatic N) is 2. The number of nitrogens with one attached hydrogen (secondary N) is 2. The summed E-state index contributed by atoms with van der Waals surface area (Å²) in [6.07, 6.45) is 0. The number of aromatic amines is 1. The summed E-state index contributed by atoms with van der Waals surface area (Å²) >= 11 is 1.69. The van der Waals surface area contributed by atoms with Crippen LogP contribution in [0.4, 0.5) is 0 Å². The lowest BCUT2D eigenvalue weighted by Gasteiger charge is -2.12. The maximum Gasteiger partial charge on any atom is 0.169 e. The summed E-state index contributed by atoms with van der Waals surface area (Å²) in [5.74, 6) is 0.468. The van der Waals surface area contributed by atoms with Gasteiger partial charge in [-0.15, -0.1) is 11.3 Å². The number of fused-ring (bicyclic) bond motifs is 1. The number of thiophene rings is 1. The van der Waals surface area contributed by atoms with E-state index < -0.39 is 0 Å². The van der Waals surface area contributed by atoms with Gasteiger partial charge in [-0.2, -0.15) is 5.26 Å². The van der Waals surface area contributed by atoms with Gasteiger partial charge in [-0.25, -0.2) is 4.98 Å². The number of quaternary nitrogens is 1. The molecule has 1 unspecified atom stereocenters. The van der Waals surface area contributed by atoms with Crippen molar-refractivity contribution in [3.05, 3.63) is 58.2 Å². The van der Waals surface area contributed by atoms with E-state index in [2.05, 4.69) is 22.1 Å². The summed E-state index contributed by atoms with van der Waals surface area (Å²) in [5, 5.41) is 21.8. The van der Waals surface area contributed by atoms with Crippen molar-refractivity contribution >= 4 is 27.9 Å². The maximum absolute atomic E-state index is 10.4. The summed E-state index contributed by atoms with van der Waals surface area (Å²) in [7, 11) is 1.99. The third kappa shape index (κ3) is 3.42. The average molecular weight is 325 g/mol. The zero-order valence-electron chi connectivity index (χ0n) is 12.7. The number of allylic oxidation sites excluding steroid dienone is 1. The number of hydrogen-bond acceptors (Lipinski definition) is 4. The van der Waals surface area contributed by atoms with Crippen LogP contribution in [0.2, 0.25) is 0 Å². The Morgan fingerprint density at radius 2 is 2.17 bits per heavy atom. The Kier molecular flexibility index (Phi) is 4.42. The lowest BCUT2D eigenvalue weighted by Crippen LogP contribution is -3.07. The molecule has 0 aliphatic rings. The number of aliphatic hydroxyl groups excluding tert-OH is 1. The van der Waals surface area contributed by atoms with Crippen LogP contribution in [0.25, 0.3) is 16.6 Å². The van der Waals surface area contributed by atoms with Gasteiger partial charge in [0, 0.05) is 0 Å². The molecule has 0 radical (unpaired) electrons. The van der Waals surface area contributed by atoms with Gasteiger partial charge < -0.3 is 15.0 Å². The molecule has 0 spiro atoms. The van der Waals surface area contributed by atoms with Crippen LogP contribution < -0.4 is 4.90 Å². The topological polar surface area (TPSA) is 77.1 Å². The lowest BCUT2D eigenvalue weighted by molar-refractivity contribution is -0.889. The second kappa shape index (κ2) is 6.65. The molecule has 3 N–H and O–H groups in total. The molecule has 0 amide bonds. The van der Waals surface area contributed by atoms with Gasteiger partial charge in [-0.1, -0.05) is 18.2 Å². The number of nitriles is 1. The number of aromatic nitrogens is 2. The van der Waals surface area contributed by atoms with Crippen molar-refractivity contribution < 1.29 is 10.0 Å². The van der Waals surface area contributed by atoms with Crippen molar-refractivity contribution in [1.82, 2.24) is 9.97 Å². The van der Waals surface area contributed by atoms with Crippen molar-refractivity contribution in [1.29, 1.82) is 5.26 Å².